The van der Waals surface area contributed by atoms with Gasteiger partial charge in [-0.05, 0) is 127 Å². The smallest absolute Gasteiger partial charge is 0.145 e. The third-order valence-electron chi connectivity index (χ3n) is 13.2. The minimum Gasteiger partial charge on any atom is -0.456 e. The highest BCUT2D eigenvalue weighted by atomic mass is 16.3. The Kier molecular flexibility index (Phi) is 8.52. The van der Waals surface area contributed by atoms with Crippen LogP contribution in [0.1, 0.15) is 12.5 Å². The van der Waals surface area contributed by atoms with Crippen molar-refractivity contribution in [3.05, 3.63) is 231 Å². The molecule has 0 spiro atoms. The molecule has 5 nitrogen and oxygen atoms in total. The maximum Gasteiger partial charge on any atom is 0.145 e. The number of hydrogen-bond acceptors (Lipinski definition) is 3. The number of nitrogens with zero attached hydrogens (tertiary/aromatic N) is 3. The Hall–Kier alpha value is -8.80. The van der Waals surface area contributed by atoms with Crippen LogP contribution < -0.4 is 4.90 Å². The van der Waals surface area contributed by atoms with Gasteiger partial charge in [-0.25, -0.2) is 0 Å². The molecule has 0 bridgehead atoms. The average molecular weight is 848 g/mol. The van der Waals surface area contributed by atoms with Crippen molar-refractivity contribution >= 4 is 110 Å². The molecule has 9 aromatic carbocycles. The lowest BCUT2D eigenvalue weighted by Crippen LogP contribution is -2.10. The Labute approximate surface area is 380 Å². The van der Waals surface area contributed by atoms with Crippen LogP contribution in [-0.4, -0.2) is 9.13 Å². The first-order valence-electron chi connectivity index (χ1n) is 22.4. The topological polar surface area (TPSA) is 39.4 Å². The summed E-state index contributed by atoms with van der Waals surface area (Å²) < 4.78 is 18.2. The van der Waals surface area contributed by atoms with Gasteiger partial charge < -0.3 is 22.9 Å². The van der Waals surface area contributed by atoms with Gasteiger partial charge in [0.25, 0.3) is 0 Å². The number of anilines is 3. The second-order valence-corrected chi connectivity index (χ2v) is 16.9. The van der Waals surface area contributed by atoms with Crippen LogP contribution in [0.3, 0.4) is 0 Å². The number of benzene rings is 9. The molecular formula is C61H41N3O2. The number of rotatable bonds is 8. The molecule has 4 heterocycles. The van der Waals surface area contributed by atoms with E-state index < -0.39 is 0 Å². The zero-order valence-corrected chi connectivity index (χ0v) is 36.1. The summed E-state index contributed by atoms with van der Waals surface area (Å²) in [4.78, 5) is 2.30. The van der Waals surface area contributed by atoms with E-state index >= 15 is 0 Å². The largest absolute Gasteiger partial charge is 0.456 e. The zero-order chi connectivity index (χ0) is 43.9. The van der Waals surface area contributed by atoms with Crippen LogP contribution >= 0.6 is 0 Å². The highest BCUT2D eigenvalue weighted by Gasteiger charge is 2.23. The molecule has 0 saturated carbocycles. The van der Waals surface area contributed by atoms with E-state index in [4.69, 9.17) is 8.83 Å². The fourth-order valence-electron chi connectivity index (χ4n) is 10.2. The van der Waals surface area contributed by atoms with Crippen LogP contribution in [-0.2, 0) is 0 Å². The Morgan fingerprint density at radius 3 is 1.62 bits per heavy atom. The molecule has 0 aliphatic heterocycles. The predicted octanol–water partition coefficient (Wildman–Crippen LogP) is 17.3. The van der Waals surface area contributed by atoms with E-state index in [0.717, 1.165) is 127 Å². The summed E-state index contributed by atoms with van der Waals surface area (Å²) in [6, 6.07) is 69.1. The van der Waals surface area contributed by atoms with Gasteiger partial charge in [-0.15, -0.1) is 0 Å². The van der Waals surface area contributed by atoms with E-state index in [1.807, 2.05) is 43.4 Å². The van der Waals surface area contributed by atoms with Gasteiger partial charge in [0.05, 0.1) is 32.8 Å². The minimum atomic E-state index is 0.881. The zero-order valence-electron chi connectivity index (χ0n) is 36.1. The highest BCUT2D eigenvalue weighted by Crippen LogP contribution is 2.45. The number of fused-ring (bicyclic) bond motifs is 14. The normalized spacial score (nSPS) is 12.3. The fraction of sp³-hybridized carbons (Fsp3) is 0.0164. The van der Waals surface area contributed by atoms with Gasteiger partial charge in [0.1, 0.15) is 22.3 Å². The van der Waals surface area contributed by atoms with E-state index in [9.17, 15) is 0 Å². The third-order valence-corrected chi connectivity index (χ3v) is 13.2. The van der Waals surface area contributed by atoms with Crippen molar-refractivity contribution in [3.63, 3.8) is 0 Å². The summed E-state index contributed by atoms with van der Waals surface area (Å²) in [6.07, 6.45) is 8.10. The third kappa shape index (κ3) is 5.73. The molecule has 5 heteroatoms. The van der Waals surface area contributed by atoms with E-state index in [0.29, 0.717) is 0 Å². The van der Waals surface area contributed by atoms with Crippen LogP contribution in [0.15, 0.2) is 234 Å². The lowest BCUT2D eigenvalue weighted by atomic mass is 10.1. The van der Waals surface area contributed by atoms with Crippen molar-refractivity contribution in [2.45, 2.75) is 6.92 Å². The van der Waals surface area contributed by atoms with Crippen molar-refractivity contribution in [1.29, 1.82) is 0 Å². The summed E-state index contributed by atoms with van der Waals surface area (Å²) in [5.41, 5.74) is 15.4. The molecule has 13 rings (SSSR count). The predicted molar refractivity (Wildman–Crippen MR) is 277 cm³/mol. The van der Waals surface area contributed by atoms with Gasteiger partial charge in [-0.3, -0.25) is 0 Å². The monoisotopic (exact) mass is 847 g/mol. The average Bonchev–Trinajstić information content (AvgIpc) is 4.12. The van der Waals surface area contributed by atoms with E-state index in [-0.39, 0.29) is 0 Å². The number of furan rings is 2. The Morgan fingerprint density at radius 1 is 0.439 bits per heavy atom. The van der Waals surface area contributed by atoms with Gasteiger partial charge in [0, 0.05) is 60.8 Å². The standard InChI is InChI=1S/C61H41N3O2/c1-3-4-6-15-39(2)40-24-26-42(27-25-40)62(41-16-7-5-8-17-41)43-28-30-44(31-29-43)63-52-21-12-9-19-49(52)58-54(63)35-33-47-48-34-36-55-59(61(48)66-60(47)58)50-20-10-13-22-53(50)64(55)45-32-37-57-51(38-45)46-18-11-14-23-56(46)65-57/h3-38H,2H2,1H3/b4-3-,15-6-. The Balaban J connectivity index is 0.953. The molecule has 0 amide bonds. The van der Waals surface area contributed by atoms with Gasteiger partial charge in [-0.2, -0.15) is 0 Å². The lowest BCUT2D eigenvalue weighted by Gasteiger charge is -2.26. The number of hydrogen-bond donors (Lipinski definition) is 0. The van der Waals surface area contributed by atoms with Gasteiger partial charge in [0.2, 0.25) is 0 Å². The second kappa shape index (κ2) is 14.9. The lowest BCUT2D eigenvalue weighted by molar-refractivity contribution is 0.669. The van der Waals surface area contributed by atoms with Crippen LogP contribution in [0.25, 0.3) is 104 Å². The molecule has 0 atom stereocenters. The number of allylic oxidation sites excluding steroid dienone is 5. The van der Waals surface area contributed by atoms with Crippen LogP contribution in [0, 0.1) is 0 Å². The molecule has 0 aliphatic rings. The van der Waals surface area contributed by atoms with Crippen LogP contribution in [0.2, 0.25) is 0 Å². The van der Waals surface area contributed by atoms with Crippen molar-refractivity contribution in [2.24, 2.45) is 0 Å². The Morgan fingerprint density at radius 2 is 0.970 bits per heavy atom. The van der Waals surface area contributed by atoms with Crippen LogP contribution in [0.5, 0.6) is 0 Å². The molecular weight excluding hydrogens is 807 g/mol. The van der Waals surface area contributed by atoms with Crippen molar-refractivity contribution < 1.29 is 8.83 Å². The van der Waals surface area contributed by atoms with E-state index in [1.54, 1.807) is 0 Å². The molecule has 0 saturated heterocycles. The summed E-state index contributed by atoms with van der Waals surface area (Å²) in [5.74, 6) is 0. The number of para-hydroxylation sites is 4. The fourth-order valence-corrected chi connectivity index (χ4v) is 10.2. The summed E-state index contributed by atoms with van der Waals surface area (Å²) in [5, 5.41) is 8.91. The van der Waals surface area contributed by atoms with Crippen LogP contribution in [0.4, 0.5) is 17.1 Å². The van der Waals surface area contributed by atoms with E-state index in [1.165, 1.54) is 0 Å². The molecule has 0 N–H and O–H groups in total. The van der Waals surface area contributed by atoms with Gasteiger partial charge in [0.15, 0.2) is 0 Å². The summed E-state index contributed by atoms with van der Waals surface area (Å²) >= 11 is 0. The first-order chi connectivity index (χ1) is 32.6. The maximum atomic E-state index is 7.24. The molecule has 4 aromatic heterocycles. The van der Waals surface area contributed by atoms with Crippen molar-refractivity contribution in [3.8, 4) is 11.4 Å². The molecule has 0 aliphatic carbocycles. The molecule has 13 aromatic rings. The summed E-state index contributed by atoms with van der Waals surface area (Å²) in [6.45, 7) is 6.31. The van der Waals surface area contributed by atoms with E-state index in [2.05, 4.69) is 203 Å². The molecule has 0 fully saturated rings. The first kappa shape index (κ1) is 37.7. The number of aromatic nitrogens is 2. The first-order valence-corrected chi connectivity index (χ1v) is 22.4. The molecule has 0 radical (unpaired) electrons. The highest BCUT2D eigenvalue weighted by molar-refractivity contribution is 6.29. The summed E-state index contributed by atoms with van der Waals surface area (Å²) in [7, 11) is 0. The second-order valence-electron chi connectivity index (χ2n) is 16.9. The SMILES string of the molecule is C=C(/C=C\C=C/C)c1ccc(N(c2ccccc2)c2ccc(-n3c4ccccc4c4c5oc6c(ccc7c6c6ccccc6n7-c6ccc7oc8ccccc8c7c6)c5ccc43)cc2)cc1. The van der Waals surface area contributed by atoms with Crippen molar-refractivity contribution in [1.82, 2.24) is 9.13 Å². The molecule has 0 unspecified atom stereocenters. The van der Waals surface area contributed by atoms with Gasteiger partial charge in [-0.1, -0.05) is 116 Å². The maximum absolute atomic E-state index is 7.24. The Bertz CT molecular complexity index is 4120. The molecule has 312 valence electrons. The quantitative estimate of drug-likeness (QED) is 0.143. The minimum absolute atomic E-state index is 0.881. The molecule has 66 heavy (non-hydrogen) atoms. The van der Waals surface area contributed by atoms with Crippen molar-refractivity contribution in [2.75, 3.05) is 4.90 Å². The van der Waals surface area contributed by atoms with Gasteiger partial charge >= 0.3 is 0 Å².